The van der Waals surface area contributed by atoms with E-state index in [1.165, 1.54) is 22.7 Å². The molecule has 1 aliphatic rings. The van der Waals surface area contributed by atoms with Crippen molar-refractivity contribution in [1.29, 1.82) is 0 Å². The van der Waals surface area contributed by atoms with Crippen LogP contribution < -0.4 is 0 Å². The predicted octanol–water partition coefficient (Wildman–Crippen LogP) is 5.30. The summed E-state index contributed by atoms with van der Waals surface area (Å²) >= 11 is 1.41. The summed E-state index contributed by atoms with van der Waals surface area (Å²) in [5.74, 6) is 0.369. The molecule has 1 aromatic carbocycles. The summed E-state index contributed by atoms with van der Waals surface area (Å²) < 4.78 is 15.7. The van der Waals surface area contributed by atoms with Crippen molar-refractivity contribution >= 4 is 32.8 Å². The fraction of sp³-hybridized carbons (Fsp3) is 0.429. The molecule has 0 spiro atoms. The summed E-state index contributed by atoms with van der Waals surface area (Å²) in [6, 6.07) is 11.1. The Kier molecular flexibility index (Phi) is 5.89. The molecule has 0 amide bonds. The highest BCUT2D eigenvalue weighted by atomic mass is 32.1. The molecule has 5 aromatic rings. The second kappa shape index (κ2) is 9.01. The molecule has 0 bridgehead atoms. The number of pyridine rings is 1. The van der Waals surface area contributed by atoms with Crippen LogP contribution in [0.3, 0.4) is 0 Å². The number of rotatable bonds is 5. The van der Waals surface area contributed by atoms with Crippen molar-refractivity contribution in [3.63, 3.8) is 0 Å². The molecular weight excluding hydrogens is 484 g/mol. The van der Waals surface area contributed by atoms with Gasteiger partial charge in [0.1, 0.15) is 16.8 Å². The van der Waals surface area contributed by atoms with Crippen molar-refractivity contribution < 1.29 is 9.84 Å². The van der Waals surface area contributed by atoms with Gasteiger partial charge in [0, 0.05) is 32.0 Å². The zero-order valence-corrected chi connectivity index (χ0v) is 22.7. The standard InChI is InChI=1S/C28H32N6O2S/c1-16-6-8-18(9-7-16)24(19-10-12-36-13-11-19)34-21-14-20(23-17(2)30-32-33(23)5)15-29-22(21)26-25(34)27(31-37-26)28(3,4)35/h6-9,14-15,19,24,35H,10-13H2,1-5H3. The van der Waals surface area contributed by atoms with Crippen molar-refractivity contribution in [2.75, 3.05) is 13.2 Å². The Labute approximate surface area is 220 Å². The summed E-state index contributed by atoms with van der Waals surface area (Å²) in [6.07, 6.45) is 3.83. The van der Waals surface area contributed by atoms with Crippen LogP contribution in [0, 0.1) is 19.8 Å². The maximum absolute atomic E-state index is 11.2. The van der Waals surface area contributed by atoms with Gasteiger partial charge in [-0.05, 0) is 69.6 Å². The smallest absolute Gasteiger partial charge is 0.110 e. The van der Waals surface area contributed by atoms with Gasteiger partial charge in [0.05, 0.1) is 33.2 Å². The van der Waals surface area contributed by atoms with Gasteiger partial charge in [0.2, 0.25) is 0 Å². The molecule has 9 heteroatoms. The van der Waals surface area contributed by atoms with E-state index in [4.69, 9.17) is 14.1 Å². The minimum Gasteiger partial charge on any atom is -0.384 e. The van der Waals surface area contributed by atoms with E-state index < -0.39 is 5.60 Å². The molecule has 1 atom stereocenters. The number of hydrogen-bond acceptors (Lipinski definition) is 7. The summed E-state index contributed by atoms with van der Waals surface area (Å²) in [4.78, 5) is 4.97. The van der Waals surface area contributed by atoms with E-state index >= 15 is 0 Å². The van der Waals surface area contributed by atoms with Gasteiger partial charge in [0.15, 0.2) is 0 Å². The molecule has 192 valence electrons. The summed E-state index contributed by atoms with van der Waals surface area (Å²) in [6.45, 7) is 9.20. The number of fused-ring (bicyclic) bond motifs is 3. The third-order valence-corrected chi connectivity index (χ3v) is 8.35. The topological polar surface area (TPSA) is 90.9 Å². The maximum Gasteiger partial charge on any atom is 0.110 e. The van der Waals surface area contributed by atoms with Gasteiger partial charge in [-0.15, -0.1) is 5.10 Å². The Hall–Kier alpha value is -3.14. The number of aliphatic hydroxyl groups is 1. The molecule has 0 aliphatic carbocycles. The summed E-state index contributed by atoms with van der Waals surface area (Å²) in [7, 11) is 1.91. The Morgan fingerprint density at radius 1 is 1.14 bits per heavy atom. The highest BCUT2D eigenvalue weighted by Gasteiger charge is 2.34. The SMILES string of the molecule is Cc1ccc(C(C2CCOCC2)n2c3cc(-c4c(C)nnn4C)cnc3c3snc(C(C)(C)O)c32)cc1. The molecule has 1 aliphatic heterocycles. The van der Waals surface area contributed by atoms with E-state index in [-0.39, 0.29) is 6.04 Å². The number of aromatic nitrogens is 6. The van der Waals surface area contributed by atoms with E-state index in [0.29, 0.717) is 11.6 Å². The van der Waals surface area contributed by atoms with Crippen LogP contribution in [0.2, 0.25) is 0 Å². The second-order valence-corrected chi connectivity index (χ2v) is 11.5. The Bertz CT molecular complexity index is 1570. The van der Waals surface area contributed by atoms with Crippen molar-refractivity contribution in [1.82, 2.24) is 28.9 Å². The van der Waals surface area contributed by atoms with Gasteiger partial charge in [-0.25, -0.2) is 4.68 Å². The van der Waals surface area contributed by atoms with E-state index in [0.717, 1.165) is 64.3 Å². The second-order valence-electron chi connectivity index (χ2n) is 10.7. The van der Waals surface area contributed by atoms with Crippen molar-refractivity contribution in [3.8, 4) is 11.3 Å². The summed E-state index contributed by atoms with van der Waals surface area (Å²) in [5, 5.41) is 19.7. The minimum atomic E-state index is -1.09. The average molecular weight is 517 g/mol. The van der Waals surface area contributed by atoms with Crippen LogP contribution in [0.4, 0.5) is 0 Å². The molecule has 0 saturated carbocycles. The third-order valence-electron chi connectivity index (χ3n) is 7.51. The van der Waals surface area contributed by atoms with Gasteiger partial charge in [-0.2, -0.15) is 4.37 Å². The van der Waals surface area contributed by atoms with Crippen LogP contribution in [-0.2, 0) is 17.4 Å². The highest BCUT2D eigenvalue weighted by molar-refractivity contribution is 7.14. The molecule has 5 heterocycles. The van der Waals surface area contributed by atoms with Crippen LogP contribution in [-0.4, -0.2) is 47.2 Å². The van der Waals surface area contributed by atoms with Gasteiger partial charge >= 0.3 is 0 Å². The van der Waals surface area contributed by atoms with Crippen molar-refractivity contribution in [2.24, 2.45) is 13.0 Å². The number of hydrogen-bond donors (Lipinski definition) is 1. The van der Waals surface area contributed by atoms with E-state index in [2.05, 4.69) is 52.1 Å². The first-order valence-electron chi connectivity index (χ1n) is 12.8. The fourth-order valence-corrected chi connectivity index (χ4v) is 6.72. The van der Waals surface area contributed by atoms with Crippen LogP contribution >= 0.6 is 11.5 Å². The molecule has 1 fully saturated rings. The molecule has 4 aromatic heterocycles. The Balaban J connectivity index is 1.70. The van der Waals surface area contributed by atoms with Gasteiger partial charge < -0.3 is 14.4 Å². The number of aryl methyl sites for hydroxylation is 3. The molecule has 1 N–H and O–H groups in total. The number of benzene rings is 1. The van der Waals surface area contributed by atoms with Crippen molar-refractivity contribution in [3.05, 3.63) is 59.0 Å². The molecule has 0 radical (unpaired) electrons. The first kappa shape index (κ1) is 24.2. The van der Waals surface area contributed by atoms with Crippen LogP contribution in [0.25, 0.3) is 32.5 Å². The third kappa shape index (κ3) is 4.05. The average Bonchev–Trinajstić information content (AvgIpc) is 3.54. The quantitative estimate of drug-likeness (QED) is 0.341. The van der Waals surface area contributed by atoms with E-state index in [9.17, 15) is 5.11 Å². The van der Waals surface area contributed by atoms with E-state index in [1.54, 1.807) is 4.68 Å². The molecule has 1 saturated heterocycles. The first-order chi connectivity index (χ1) is 17.7. The monoisotopic (exact) mass is 516 g/mol. The lowest BCUT2D eigenvalue weighted by Gasteiger charge is -2.33. The van der Waals surface area contributed by atoms with Crippen LogP contribution in [0.5, 0.6) is 0 Å². The lowest BCUT2D eigenvalue weighted by Crippen LogP contribution is -2.28. The Morgan fingerprint density at radius 3 is 2.51 bits per heavy atom. The minimum absolute atomic E-state index is 0.0461. The highest BCUT2D eigenvalue weighted by Crippen LogP contribution is 2.45. The zero-order chi connectivity index (χ0) is 25.9. The lowest BCUT2D eigenvalue weighted by molar-refractivity contribution is 0.0548. The predicted molar refractivity (Wildman–Crippen MR) is 146 cm³/mol. The van der Waals surface area contributed by atoms with Crippen LogP contribution in [0.1, 0.15) is 55.2 Å². The van der Waals surface area contributed by atoms with Gasteiger partial charge in [-0.3, -0.25) is 4.98 Å². The van der Waals surface area contributed by atoms with Gasteiger partial charge in [-0.1, -0.05) is 35.0 Å². The fourth-order valence-electron chi connectivity index (χ4n) is 5.70. The molecule has 8 nitrogen and oxygen atoms in total. The van der Waals surface area contributed by atoms with E-state index in [1.807, 2.05) is 34.0 Å². The molecule has 37 heavy (non-hydrogen) atoms. The number of ether oxygens (including phenoxy) is 1. The lowest BCUT2D eigenvalue weighted by atomic mass is 9.86. The Morgan fingerprint density at radius 2 is 1.86 bits per heavy atom. The molecule has 1 unspecified atom stereocenters. The van der Waals surface area contributed by atoms with Crippen LogP contribution in [0.15, 0.2) is 36.5 Å². The first-order valence-corrected chi connectivity index (χ1v) is 13.5. The van der Waals surface area contributed by atoms with Crippen molar-refractivity contribution in [2.45, 2.75) is 52.2 Å². The maximum atomic E-state index is 11.2. The molecular formula is C28H32N6O2S. The van der Waals surface area contributed by atoms with Gasteiger partial charge in [0.25, 0.3) is 0 Å². The molecule has 6 rings (SSSR count). The normalized spacial score (nSPS) is 16.2. The summed E-state index contributed by atoms with van der Waals surface area (Å²) in [5.41, 5.74) is 7.75. The largest absolute Gasteiger partial charge is 0.384 e. The number of nitrogens with zero attached hydrogens (tertiary/aromatic N) is 6. The zero-order valence-electron chi connectivity index (χ0n) is 21.9.